The fourth-order valence-corrected chi connectivity index (χ4v) is 6.38. The van der Waals surface area contributed by atoms with Gasteiger partial charge in [0.05, 0.1) is 12.5 Å². The molecule has 2 N–H and O–H groups in total. The van der Waals surface area contributed by atoms with Gasteiger partial charge >= 0.3 is 5.97 Å². The van der Waals surface area contributed by atoms with Gasteiger partial charge in [-0.3, -0.25) is 19.4 Å². The molecular weight excluding hydrogens is 624 g/mol. The Morgan fingerprint density at radius 3 is 2.40 bits per heavy atom. The summed E-state index contributed by atoms with van der Waals surface area (Å²) in [5.74, 6) is -1.56. The van der Waals surface area contributed by atoms with E-state index in [-0.39, 0.29) is 47.5 Å². The van der Waals surface area contributed by atoms with Gasteiger partial charge in [-0.2, -0.15) is 0 Å². The summed E-state index contributed by atoms with van der Waals surface area (Å²) in [4.78, 5) is 44.1. The standard InChI is InChI=1S/C31H37FIN3O4/c1-19(21-6-8-22(9-7-21)28(39)34-16-13-26(37)38)36-29(40)27(24-17-20(18-33)5-10-25(24)32)35-31(36)14-11-23(12-15-31)30(2,3)4/h5-10,17,19,23H,11-16,18H2,1-4H3,(H,34,39)(H,37,38)/t19-,23?,31?/m1/s1. The van der Waals surface area contributed by atoms with E-state index in [1.165, 1.54) is 6.07 Å². The van der Waals surface area contributed by atoms with Crippen LogP contribution in [0.15, 0.2) is 47.5 Å². The van der Waals surface area contributed by atoms with Crippen molar-refractivity contribution in [2.24, 2.45) is 16.3 Å². The van der Waals surface area contributed by atoms with E-state index in [1.54, 1.807) is 24.3 Å². The monoisotopic (exact) mass is 661 g/mol. The van der Waals surface area contributed by atoms with E-state index in [2.05, 4.69) is 48.7 Å². The van der Waals surface area contributed by atoms with Gasteiger partial charge in [0.15, 0.2) is 0 Å². The van der Waals surface area contributed by atoms with Crippen molar-refractivity contribution < 1.29 is 23.9 Å². The van der Waals surface area contributed by atoms with Crippen molar-refractivity contribution in [3.8, 4) is 0 Å². The van der Waals surface area contributed by atoms with Crippen LogP contribution in [0.3, 0.4) is 0 Å². The molecule has 4 rings (SSSR count). The Balaban J connectivity index is 1.65. The number of nitrogens with one attached hydrogen (secondary N) is 1. The molecule has 0 bridgehead atoms. The first-order chi connectivity index (χ1) is 18.9. The number of carbonyl (C=O) groups excluding carboxylic acids is 2. The molecule has 7 nitrogen and oxygen atoms in total. The molecule has 0 unspecified atom stereocenters. The van der Waals surface area contributed by atoms with Gasteiger partial charge in [0.2, 0.25) is 0 Å². The van der Waals surface area contributed by atoms with E-state index in [1.807, 2.05) is 24.0 Å². The van der Waals surface area contributed by atoms with E-state index in [0.29, 0.717) is 28.8 Å². The highest BCUT2D eigenvalue weighted by Crippen LogP contribution is 2.49. The number of hydrogen-bond acceptors (Lipinski definition) is 4. The summed E-state index contributed by atoms with van der Waals surface area (Å²) in [5, 5.41) is 11.4. The van der Waals surface area contributed by atoms with Crippen LogP contribution < -0.4 is 5.32 Å². The van der Waals surface area contributed by atoms with Crippen LogP contribution in [0, 0.1) is 17.2 Å². The third-order valence-corrected chi connectivity index (χ3v) is 9.19. The number of nitrogens with zero attached hydrogens (tertiary/aromatic N) is 2. The highest BCUT2D eigenvalue weighted by Gasteiger charge is 2.52. The zero-order valence-corrected chi connectivity index (χ0v) is 25.6. The lowest BCUT2D eigenvalue weighted by atomic mass is 9.69. The van der Waals surface area contributed by atoms with Gasteiger partial charge in [0, 0.05) is 22.1 Å². The van der Waals surface area contributed by atoms with E-state index < -0.39 is 17.4 Å². The van der Waals surface area contributed by atoms with Crippen molar-refractivity contribution in [1.29, 1.82) is 0 Å². The maximum absolute atomic E-state index is 15.1. The Labute approximate surface area is 248 Å². The Bertz CT molecular complexity index is 1310. The molecule has 2 amide bonds. The average molecular weight is 662 g/mol. The first kappa shape index (κ1) is 30.1. The molecular formula is C31H37FIN3O4. The third-order valence-electron chi connectivity index (χ3n) is 8.31. The second-order valence-electron chi connectivity index (χ2n) is 11.9. The summed E-state index contributed by atoms with van der Waals surface area (Å²) < 4.78 is 15.8. The van der Waals surface area contributed by atoms with E-state index >= 15 is 4.39 Å². The van der Waals surface area contributed by atoms with Crippen LogP contribution in [0.25, 0.3) is 0 Å². The Morgan fingerprint density at radius 1 is 1.18 bits per heavy atom. The number of aliphatic imine (C=N–C) groups is 1. The molecule has 1 heterocycles. The summed E-state index contributed by atoms with van der Waals surface area (Å²) in [6, 6.07) is 11.5. The number of rotatable bonds is 8. The van der Waals surface area contributed by atoms with Crippen molar-refractivity contribution >= 4 is 46.1 Å². The van der Waals surface area contributed by atoms with Crippen LogP contribution in [-0.4, -0.2) is 45.7 Å². The van der Waals surface area contributed by atoms with Crippen LogP contribution >= 0.6 is 22.6 Å². The maximum atomic E-state index is 15.1. The molecule has 214 valence electrons. The summed E-state index contributed by atoms with van der Waals surface area (Å²) in [7, 11) is 0. The number of halogens is 2. The minimum atomic E-state index is -0.979. The molecule has 0 saturated heterocycles. The maximum Gasteiger partial charge on any atom is 0.305 e. The predicted octanol–water partition coefficient (Wildman–Crippen LogP) is 6.29. The van der Waals surface area contributed by atoms with Crippen molar-refractivity contribution in [3.63, 3.8) is 0 Å². The number of benzene rings is 2. The first-order valence-electron chi connectivity index (χ1n) is 13.7. The number of carboxylic acids is 1. The highest BCUT2D eigenvalue weighted by molar-refractivity contribution is 14.1. The molecule has 0 aromatic heterocycles. The molecule has 1 atom stereocenters. The topological polar surface area (TPSA) is 99.1 Å². The van der Waals surface area contributed by atoms with Gasteiger partial charge in [-0.15, -0.1) is 0 Å². The fraction of sp³-hybridized carbons (Fsp3) is 0.484. The molecule has 2 aliphatic rings. The molecule has 1 spiro atoms. The van der Waals surface area contributed by atoms with Crippen LogP contribution in [0.2, 0.25) is 0 Å². The molecule has 9 heteroatoms. The number of aliphatic carboxylic acids is 1. The predicted molar refractivity (Wildman–Crippen MR) is 161 cm³/mol. The second kappa shape index (κ2) is 12.0. The lowest BCUT2D eigenvalue weighted by Crippen LogP contribution is -2.50. The summed E-state index contributed by atoms with van der Waals surface area (Å²) in [6.07, 6.45) is 3.09. The van der Waals surface area contributed by atoms with Gasteiger partial charge in [-0.25, -0.2) is 4.39 Å². The summed E-state index contributed by atoms with van der Waals surface area (Å²) >= 11 is 2.22. The molecule has 2 aromatic rings. The quantitative estimate of drug-likeness (QED) is 0.257. The van der Waals surface area contributed by atoms with Gasteiger partial charge < -0.3 is 15.3 Å². The molecule has 1 aliphatic heterocycles. The third kappa shape index (κ3) is 6.24. The SMILES string of the molecule is C[C@H](c1ccc(C(=O)NCCC(=O)O)cc1)N1C(=O)C(c2cc(CI)ccc2F)=NC12CCC(C(C)(C)C)CC2. The summed E-state index contributed by atoms with van der Waals surface area (Å²) in [5.41, 5.74) is 2.00. The number of hydrogen-bond donors (Lipinski definition) is 2. The minimum Gasteiger partial charge on any atom is -0.481 e. The second-order valence-corrected chi connectivity index (χ2v) is 12.7. The van der Waals surface area contributed by atoms with Crippen LogP contribution in [0.4, 0.5) is 4.39 Å². The lowest BCUT2D eigenvalue weighted by molar-refractivity contribution is -0.137. The number of alkyl halides is 1. The number of carboxylic acid groups (broad SMARTS) is 1. The molecule has 1 fully saturated rings. The first-order valence-corrected chi connectivity index (χ1v) is 15.3. The van der Waals surface area contributed by atoms with Crippen molar-refractivity contribution in [3.05, 3.63) is 70.5 Å². The van der Waals surface area contributed by atoms with Crippen molar-refractivity contribution in [2.75, 3.05) is 6.54 Å². The van der Waals surface area contributed by atoms with Crippen LogP contribution in [0.5, 0.6) is 0 Å². The minimum absolute atomic E-state index is 0.0438. The molecule has 2 aromatic carbocycles. The zero-order valence-electron chi connectivity index (χ0n) is 23.5. The van der Waals surface area contributed by atoms with Crippen LogP contribution in [-0.2, 0) is 14.0 Å². The Morgan fingerprint density at radius 2 is 1.82 bits per heavy atom. The van der Waals surface area contributed by atoms with Crippen LogP contribution in [0.1, 0.15) is 92.9 Å². The molecule has 1 saturated carbocycles. The van der Waals surface area contributed by atoms with Crippen molar-refractivity contribution in [2.45, 2.75) is 75.9 Å². The van der Waals surface area contributed by atoms with E-state index in [4.69, 9.17) is 10.1 Å². The normalized spacial score (nSPS) is 21.9. The number of carbonyl (C=O) groups is 3. The van der Waals surface area contributed by atoms with Crippen molar-refractivity contribution in [1.82, 2.24) is 10.2 Å². The Kier molecular flexibility index (Phi) is 9.02. The Hall–Kier alpha value is -2.82. The van der Waals surface area contributed by atoms with Gasteiger partial charge in [-0.05, 0) is 79.3 Å². The lowest BCUT2D eigenvalue weighted by Gasteiger charge is -2.46. The smallest absolute Gasteiger partial charge is 0.305 e. The fourth-order valence-electron chi connectivity index (χ4n) is 5.91. The van der Waals surface area contributed by atoms with Gasteiger partial charge in [0.25, 0.3) is 11.8 Å². The molecule has 40 heavy (non-hydrogen) atoms. The van der Waals surface area contributed by atoms with E-state index in [0.717, 1.165) is 24.0 Å². The molecule has 0 radical (unpaired) electrons. The van der Waals surface area contributed by atoms with Gasteiger partial charge in [0.1, 0.15) is 17.2 Å². The van der Waals surface area contributed by atoms with Gasteiger partial charge in [-0.1, -0.05) is 61.6 Å². The largest absolute Gasteiger partial charge is 0.481 e. The molecule has 1 aliphatic carbocycles. The number of amides is 2. The highest BCUT2D eigenvalue weighted by atomic mass is 127. The average Bonchev–Trinajstić information content (AvgIpc) is 3.18. The van der Waals surface area contributed by atoms with E-state index in [9.17, 15) is 14.4 Å². The zero-order chi connectivity index (χ0) is 29.2. The summed E-state index contributed by atoms with van der Waals surface area (Å²) in [6.45, 7) is 8.73.